The number of hydrogen-bond donors (Lipinski definition) is 0. The summed E-state index contributed by atoms with van der Waals surface area (Å²) in [4.78, 5) is 22.0. The van der Waals surface area contributed by atoms with Gasteiger partial charge in [-0.25, -0.2) is 4.39 Å². The Bertz CT molecular complexity index is 1000. The SMILES string of the molecule is CCn1nc(C)c(C=C2SC(N3CCN(Cc4ccc(F)cc4)CC3)=NC2=O)c1C. The lowest BCUT2D eigenvalue weighted by atomic mass is 10.2. The minimum atomic E-state index is -0.208. The highest BCUT2D eigenvalue weighted by atomic mass is 32.2. The van der Waals surface area contributed by atoms with E-state index in [0.29, 0.717) is 4.91 Å². The number of aliphatic imine (C=N–C) groups is 1. The van der Waals surface area contributed by atoms with Crippen molar-refractivity contribution in [1.29, 1.82) is 0 Å². The van der Waals surface area contributed by atoms with Crippen LogP contribution in [0.4, 0.5) is 4.39 Å². The van der Waals surface area contributed by atoms with E-state index in [2.05, 4.69) is 26.8 Å². The number of carbonyl (C=O) groups is 1. The smallest absolute Gasteiger partial charge is 0.286 e. The summed E-state index contributed by atoms with van der Waals surface area (Å²) in [5.41, 5.74) is 4.11. The van der Waals surface area contributed by atoms with Gasteiger partial charge in [0.2, 0.25) is 0 Å². The molecular formula is C22H26FN5OS. The second-order valence-electron chi connectivity index (χ2n) is 7.60. The molecule has 1 aromatic heterocycles. The van der Waals surface area contributed by atoms with E-state index in [4.69, 9.17) is 0 Å². The molecule has 0 unspecified atom stereocenters. The summed E-state index contributed by atoms with van der Waals surface area (Å²) >= 11 is 1.45. The van der Waals surface area contributed by atoms with Crippen LogP contribution in [0, 0.1) is 19.7 Å². The quantitative estimate of drug-likeness (QED) is 0.700. The molecule has 1 amide bonds. The average molecular weight is 428 g/mol. The van der Waals surface area contributed by atoms with Gasteiger partial charge in [-0.05, 0) is 56.3 Å². The topological polar surface area (TPSA) is 53.7 Å². The summed E-state index contributed by atoms with van der Waals surface area (Å²) in [5, 5.41) is 5.31. The number of nitrogens with zero attached hydrogens (tertiary/aromatic N) is 5. The maximum Gasteiger partial charge on any atom is 0.286 e. The number of thioether (sulfide) groups is 1. The number of carbonyl (C=O) groups excluding carboxylic acids is 1. The Labute approximate surface area is 180 Å². The molecular weight excluding hydrogens is 401 g/mol. The van der Waals surface area contributed by atoms with Gasteiger partial charge in [0.15, 0.2) is 5.17 Å². The number of rotatable bonds is 4. The fourth-order valence-corrected chi connectivity index (χ4v) is 4.78. The number of hydrogen-bond acceptors (Lipinski definition) is 5. The highest BCUT2D eigenvalue weighted by Crippen LogP contribution is 2.32. The summed E-state index contributed by atoms with van der Waals surface area (Å²) < 4.78 is 15.0. The summed E-state index contributed by atoms with van der Waals surface area (Å²) in [6, 6.07) is 6.67. The first-order valence-corrected chi connectivity index (χ1v) is 11.0. The van der Waals surface area contributed by atoms with E-state index in [9.17, 15) is 9.18 Å². The molecule has 158 valence electrons. The van der Waals surface area contributed by atoms with Crippen molar-refractivity contribution in [3.8, 4) is 0 Å². The fraction of sp³-hybridized carbons (Fsp3) is 0.409. The number of aromatic nitrogens is 2. The number of piperazine rings is 1. The van der Waals surface area contributed by atoms with Gasteiger partial charge in [-0.2, -0.15) is 10.1 Å². The van der Waals surface area contributed by atoms with E-state index < -0.39 is 0 Å². The van der Waals surface area contributed by atoms with Gasteiger partial charge in [0.1, 0.15) is 5.82 Å². The molecule has 30 heavy (non-hydrogen) atoms. The normalized spacial score (nSPS) is 19.1. The van der Waals surface area contributed by atoms with Crippen molar-refractivity contribution in [2.24, 2.45) is 4.99 Å². The maximum atomic E-state index is 13.1. The molecule has 0 bridgehead atoms. The lowest BCUT2D eigenvalue weighted by molar-refractivity contribution is -0.113. The molecule has 2 aliphatic rings. The standard InChI is InChI=1S/C22H26FN5OS/c1-4-28-16(3)19(15(2)25-28)13-20-21(29)24-22(30-20)27-11-9-26(10-12-27)14-17-5-7-18(23)8-6-17/h5-8,13H,4,9-12,14H2,1-3H3. The molecule has 0 spiro atoms. The van der Waals surface area contributed by atoms with Crippen LogP contribution in [0.3, 0.4) is 0 Å². The van der Waals surface area contributed by atoms with Crippen molar-refractivity contribution in [2.45, 2.75) is 33.9 Å². The average Bonchev–Trinajstić information content (AvgIpc) is 3.24. The number of amidine groups is 1. The van der Waals surface area contributed by atoms with Gasteiger partial charge in [-0.15, -0.1) is 0 Å². The van der Waals surface area contributed by atoms with E-state index in [0.717, 1.165) is 67.0 Å². The number of aryl methyl sites for hydroxylation is 2. The van der Waals surface area contributed by atoms with Crippen LogP contribution < -0.4 is 0 Å². The molecule has 0 N–H and O–H groups in total. The first-order valence-electron chi connectivity index (χ1n) is 10.2. The van der Waals surface area contributed by atoms with Crippen LogP contribution in [-0.4, -0.2) is 56.8 Å². The lowest BCUT2D eigenvalue weighted by Crippen LogP contribution is -2.47. The van der Waals surface area contributed by atoms with Gasteiger partial charge in [0, 0.05) is 50.5 Å². The second-order valence-corrected chi connectivity index (χ2v) is 8.61. The zero-order valence-electron chi connectivity index (χ0n) is 17.6. The van der Waals surface area contributed by atoms with Crippen molar-refractivity contribution in [3.63, 3.8) is 0 Å². The summed E-state index contributed by atoms with van der Waals surface area (Å²) in [5.74, 6) is -0.382. The largest absolute Gasteiger partial charge is 0.348 e. The van der Waals surface area contributed by atoms with Gasteiger partial charge in [-0.3, -0.25) is 14.4 Å². The van der Waals surface area contributed by atoms with Crippen molar-refractivity contribution < 1.29 is 9.18 Å². The van der Waals surface area contributed by atoms with Gasteiger partial charge >= 0.3 is 0 Å². The third-order valence-electron chi connectivity index (χ3n) is 5.58. The molecule has 3 heterocycles. The number of amides is 1. The highest BCUT2D eigenvalue weighted by molar-refractivity contribution is 8.18. The van der Waals surface area contributed by atoms with Crippen LogP contribution in [0.2, 0.25) is 0 Å². The Morgan fingerprint density at radius 1 is 1.13 bits per heavy atom. The van der Waals surface area contributed by atoms with Crippen LogP contribution in [0.1, 0.15) is 29.4 Å². The van der Waals surface area contributed by atoms with Crippen LogP contribution in [-0.2, 0) is 17.9 Å². The van der Waals surface area contributed by atoms with E-state index in [1.807, 2.05) is 36.7 Å². The van der Waals surface area contributed by atoms with Crippen LogP contribution >= 0.6 is 11.8 Å². The molecule has 1 saturated heterocycles. The Morgan fingerprint density at radius 3 is 2.47 bits per heavy atom. The minimum Gasteiger partial charge on any atom is -0.348 e. The molecule has 0 radical (unpaired) electrons. The molecule has 1 aromatic carbocycles. The molecule has 4 rings (SSSR count). The molecule has 8 heteroatoms. The van der Waals surface area contributed by atoms with Gasteiger partial charge in [-0.1, -0.05) is 12.1 Å². The summed E-state index contributed by atoms with van der Waals surface area (Å²) in [7, 11) is 0. The Morgan fingerprint density at radius 2 is 1.83 bits per heavy atom. The van der Waals surface area contributed by atoms with Crippen molar-refractivity contribution >= 4 is 28.9 Å². The zero-order chi connectivity index (χ0) is 21.3. The van der Waals surface area contributed by atoms with E-state index in [-0.39, 0.29) is 11.7 Å². The van der Waals surface area contributed by atoms with E-state index in [1.54, 1.807) is 0 Å². The van der Waals surface area contributed by atoms with Gasteiger partial charge in [0.25, 0.3) is 5.91 Å². The molecule has 0 aliphatic carbocycles. The Balaban J connectivity index is 1.37. The summed E-state index contributed by atoms with van der Waals surface area (Å²) in [6.07, 6.45) is 1.93. The van der Waals surface area contributed by atoms with Gasteiger partial charge in [0.05, 0.1) is 10.6 Å². The number of halogens is 1. The maximum absolute atomic E-state index is 13.1. The first kappa shape index (κ1) is 20.8. The van der Waals surface area contributed by atoms with E-state index in [1.165, 1.54) is 23.9 Å². The predicted molar refractivity (Wildman–Crippen MR) is 119 cm³/mol. The van der Waals surface area contributed by atoms with Gasteiger partial charge < -0.3 is 4.90 Å². The monoisotopic (exact) mass is 427 g/mol. The number of benzene rings is 1. The van der Waals surface area contributed by atoms with Crippen LogP contribution in [0.15, 0.2) is 34.2 Å². The van der Waals surface area contributed by atoms with Crippen LogP contribution in [0.25, 0.3) is 6.08 Å². The predicted octanol–water partition coefficient (Wildman–Crippen LogP) is 3.45. The first-order chi connectivity index (χ1) is 14.4. The molecule has 2 aromatic rings. The minimum absolute atomic E-state index is 0.174. The van der Waals surface area contributed by atoms with Crippen molar-refractivity contribution in [1.82, 2.24) is 19.6 Å². The molecule has 1 fully saturated rings. The molecule has 6 nitrogen and oxygen atoms in total. The summed E-state index contributed by atoms with van der Waals surface area (Å²) in [6.45, 7) is 11.1. The third kappa shape index (κ3) is 4.34. The fourth-order valence-electron chi connectivity index (χ4n) is 3.84. The zero-order valence-corrected chi connectivity index (χ0v) is 18.4. The van der Waals surface area contributed by atoms with Crippen LogP contribution in [0.5, 0.6) is 0 Å². The Kier molecular flexibility index (Phi) is 6.06. The van der Waals surface area contributed by atoms with Crippen molar-refractivity contribution in [3.05, 3.63) is 57.5 Å². The highest BCUT2D eigenvalue weighted by Gasteiger charge is 2.29. The molecule has 0 atom stereocenters. The lowest BCUT2D eigenvalue weighted by Gasteiger charge is -2.35. The third-order valence-corrected chi connectivity index (χ3v) is 6.63. The second kappa shape index (κ2) is 8.73. The van der Waals surface area contributed by atoms with Crippen molar-refractivity contribution in [2.75, 3.05) is 26.2 Å². The van der Waals surface area contributed by atoms with E-state index >= 15 is 0 Å². The molecule has 2 aliphatic heterocycles. The molecule has 0 saturated carbocycles. The Hall–Kier alpha value is -2.45.